The normalized spacial score (nSPS) is 10.2. The molecule has 6 nitrogen and oxygen atoms in total. The number of alkyl halides is 1. The highest BCUT2D eigenvalue weighted by atomic mass is 35.5. The monoisotopic (exact) mass is 356 g/mol. The van der Waals surface area contributed by atoms with E-state index in [0.29, 0.717) is 9.47 Å². The molecule has 0 radical (unpaired) electrons. The van der Waals surface area contributed by atoms with Crippen LogP contribution >= 0.6 is 34.7 Å². The van der Waals surface area contributed by atoms with E-state index in [1.165, 1.54) is 23.1 Å². The van der Waals surface area contributed by atoms with Crippen LogP contribution in [0, 0.1) is 0 Å². The molecule has 0 aliphatic carbocycles. The predicted octanol–water partition coefficient (Wildman–Crippen LogP) is 2.84. The zero-order valence-electron chi connectivity index (χ0n) is 11.4. The maximum atomic E-state index is 11.8. The lowest BCUT2D eigenvalue weighted by Crippen LogP contribution is -2.13. The highest BCUT2D eigenvalue weighted by molar-refractivity contribution is 8.01. The first kappa shape index (κ1) is 16.7. The molecule has 0 bridgehead atoms. The Kier molecular flexibility index (Phi) is 6.63. The van der Waals surface area contributed by atoms with Crippen LogP contribution in [-0.2, 0) is 9.59 Å². The van der Waals surface area contributed by atoms with E-state index < -0.39 is 0 Å². The second-order valence-corrected chi connectivity index (χ2v) is 6.64. The Morgan fingerprint density at radius 1 is 1.14 bits per heavy atom. The summed E-state index contributed by atoms with van der Waals surface area (Å²) in [5.41, 5.74) is 0.749. The largest absolute Gasteiger partial charge is 0.325 e. The fraction of sp³-hybridized carbons (Fsp3) is 0.231. The van der Waals surface area contributed by atoms with Gasteiger partial charge in [0.25, 0.3) is 0 Å². The third-order valence-electron chi connectivity index (χ3n) is 2.36. The van der Waals surface area contributed by atoms with E-state index >= 15 is 0 Å². The van der Waals surface area contributed by atoms with Crippen molar-refractivity contribution < 1.29 is 9.59 Å². The lowest BCUT2D eigenvalue weighted by atomic mass is 10.3. The Bertz CT molecular complexity index is 636. The van der Waals surface area contributed by atoms with Crippen molar-refractivity contribution in [1.82, 2.24) is 10.2 Å². The molecule has 116 valence electrons. The van der Waals surface area contributed by atoms with Gasteiger partial charge in [0.1, 0.15) is 0 Å². The quantitative estimate of drug-likeness (QED) is 0.452. The highest BCUT2D eigenvalue weighted by Gasteiger charge is 2.10. The van der Waals surface area contributed by atoms with E-state index in [1.807, 2.05) is 30.3 Å². The minimum Gasteiger partial charge on any atom is -0.325 e. The molecule has 2 rings (SSSR count). The van der Waals surface area contributed by atoms with Crippen molar-refractivity contribution in [3.63, 3.8) is 0 Å². The van der Waals surface area contributed by atoms with E-state index in [-0.39, 0.29) is 29.9 Å². The van der Waals surface area contributed by atoms with Gasteiger partial charge in [0.05, 0.1) is 5.75 Å². The van der Waals surface area contributed by atoms with Crippen LogP contribution in [-0.4, -0.2) is 33.6 Å². The van der Waals surface area contributed by atoms with Gasteiger partial charge in [-0.1, -0.05) is 41.3 Å². The van der Waals surface area contributed by atoms with Gasteiger partial charge in [-0.2, -0.15) is 0 Å². The van der Waals surface area contributed by atoms with E-state index in [1.54, 1.807) is 0 Å². The van der Waals surface area contributed by atoms with Crippen molar-refractivity contribution in [2.75, 3.05) is 22.3 Å². The first-order valence-electron chi connectivity index (χ1n) is 6.34. The van der Waals surface area contributed by atoms with E-state index in [0.717, 1.165) is 5.69 Å². The van der Waals surface area contributed by atoms with Crippen molar-refractivity contribution in [3.8, 4) is 0 Å². The van der Waals surface area contributed by atoms with Crippen molar-refractivity contribution in [2.24, 2.45) is 0 Å². The maximum Gasteiger partial charge on any atom is 0.234 e. The van der Waals surface area contributed by atoms with Crippen molar-refractivity contribution in [2.45, 2.75) is 10.8 Å². The van der Waals surface area contributed by atoms with Gasteiger partial charge in [0, 0.05) is 18.0 Å². The van der Waals surface area contributed by atoms with Gasteiger partial charge in [-0.3, -0.25) is 9.59 Å². The molecule has 2 aromatic rings. The number of nitrogens with one attached hydrogen (secondary N) is 2. The molecule has 9 heteroatoms. The van der Waals surface area contributed by atoms with Crippen LogP contribution < -0.4 is 10.6 Å². The van der Waals surface area contributed by atoms with Crippen LogP contribution in [0.4, 0.5) is 10.8 Å². The van der Waals surface area contributed by atoms with E-state index in [2.05, 4.69) is 20.8 Å². The minimum atomic E-state index is -0.204. The highest BCUT2D eigenvalue weighted by Crippen LogP contribution is 2.25. The van der Waals surface area contributed by atoms with Crippen molar-refractivity contribution in [3.05, 3.63) is 30.3 Å². The molecule has 1 aromatic carbocycles. The third kappa shape index (κ3) is 5.63. The Balaban J connectivity index is 1.78. The third-order valence-corrected chi connectivity index (χ3v) is 4.52. The standard InChI is InChI=1S/C13H13ClN4O2S2/c14-7-6-10(19)16-12-17-18-13(22-12)21-8-11(20)15-9-4-2-1-3-5-9/h1-5H,6-8H2,(H,15,20)(H,16,17,19). The topological polar surface area (TPSA) is 84.0 Å². The lowest BCUT2D eigenvalue weighted by Gasteiger charge is -2.02. The molecular weight excluding hydrogens is 344 g/mol. The molecule has 0 aliphatic heterocycles. The summed E-state index contributed by atoms with van der Waals surface area (Å²) < 4.78 is 0.615. The average Bonchev–Trinajstić information content (AvgIpc) is 2.94. The SMILES string of the molecule is O=C(CSc1nnc(NC(=O)CCCl)s1)Nc1ccccc1. The molecule has 0 saturated heterocycles. The van der Waals surface area contributed by atoms with Crippen molar-refractivity contribution in [1.29, 1.82) is 0 Å². The molecule has 0 spiro atoms. The molecule has 2 N–H and O–H groups in total. The molecule has 22 heavy (non-hydrogen) atoms. The summed E-state index contributed by atoms with van der Waals surface area (Å²) in [5.74, 6) is 0.147. The number of amides is 2. The van der Waals surface area contributed by atoms with Gasteiger partial charge in [0.15, 0.2) is 4.34 Å². The Morgan fingerprint density at radius 2 is 1.91 bits per heavy atom. The second kappa shape index (κ2) is 8.72. The zero-order valence-corrected chi connectivity index (χ0v) is 13.8. The van der Waals surface area contributed by atoms with Crippen LogP contribution in [0.2, 0.25) is 0 Å². The molecule has 1 heterocycles. The van der Waals surface area contributed by atoms with Crippen LogP contribution in [0.1, 0.15) is 6.42 Å². The molecule has 0 atom stereocenters. The molecular formula is C13H13ClN4O2S2. The number of nitrogens with zero attached hydrogens (tertiary/aromatic N) is 2. The fourth-order valence-corrected chi connectivity index (χ4v) is 3.17. The number of hydrogen-bond donors (Lipinski definition) is 2. The second-order valence-electron chi connectivity index (χ2n) is 4.06. The summed E-state index contributed by atoms with van der Waals surface area (Å²) in [6.45, 7) is 0. The van der Waals surface area contributed by atoms with E-state index in [4.69, 9.17) is 11.6 Å². The van der Waals surface area contributed by atoms with Gasteiger partial charge < -0.3 is 10.6 Å². The summed E-state index contributed by atoms with van der Waals surface area (Å²) in [5, 5.41) is 13.5. The summed E-state index contributed by atoms with van der Waals surface area (Å²) >= 11 is 7.96. The van der Waals surface area contributed by atoms with E-state index in [9.17, 15) is 9.59 Å². The fourth-order valence-electron chi connectivity index (χ4n) is 1.43. The first-order chi connectivity index (χ1) is 10.7. The number of para-hydroxylation sites is 1. The first-order valence-corrected chi connectivity index (χ1v) is 8.68. The van der Waals surface area contributed by atoms with Crippen LogP contribution in [0.15, 0.2) is 34.7 Å². The predicted molar refractivity (Wildman–Crippen MR) is 89.7 cm³/mol. The number of carbonyl (C=O) groups is 2. The number of halogens is 1. The Labute approximate surface area is 140 Å². The summed E-state index contributed by atoms with van der Waals surface area (Å²) in [6.07, 6.45) is 0.225. The lowest BCUT2D eigenvalue weighted by molar-refractivity contribution is -0.116. The molecule has 0 saturated carbocycles. The van der Waals surface area contributed by atoms with Gasteiger partial charge in [0.2, 0.25) is 16.9 Å². The maximum absolute atomic E-state index is 11.8. The molecule has 1 aromatic heterocycles. The average molecular weight is 357 g/mol. The molecule has 0 unspecified atom stereocenters. The van der Waals surface area contributed by atoms with Crippen molar-refractivity contribution >= 4 is 57.3 Å². The minimum absolute atomic E-state index is 0.126. The number of aromatic nitrogens is 2. The van der Waals surface area contributed by atoms with Crippen LogP contribution in [0.3, 0.4) is 0 Å². The number of carbonyl (C=O) groups excluding carboxylic acids is 2. The van der Waals surface area contributed by atoms with Crippen LogP contribution in [0.5, 0.6) is 0 Å². The Morgan fingerprint density at radius 3 is 2.64 bits per heavy atom. The smallest absolute Gasteiger partial charge is 0.234 e. The number of anilines is 2. The summed E-state index contributed by atoms with van der Waals surface area (Å²) in [4.78, 5) is 23.2. The van der Waals surface area contributed by atoms with Crippen LogP contribution in [0.25, 0.3) is 0 Å². The molecule has 0 aliphatic rings. The zero-order chi connectivity index (χ0) is 15.8. The van der Waals surface area contributed by atoms with Gasteiger partial charge >= 0.3 is 0 Å². The Hall–Kier alpha value is -1.64. The van der Waals surface area contributed by atoms with Gasteiger partial charge in [-0.05, 0) is 12.1 Å². The number of hydrogen-bond acceptors (Lipinski definition) is 6. The van der Waals surface area contributed by atoms with Gasteiger partial charge in [-0.25, -0.2) is 0 Å². The van der Waals surface area contributed by atoms with Gasteiger partial charge in [-0.15, -0.1) is 21.8 Å². The number of benzene rings is 1. The summed E-state index contributed by atoms with van der Waals surface area (Å²) in [7, 11) is 0. The molecule has 2 amide bonds. The number of thioether (sulfide) groups is 1. The summed E-state index contributed by atoms with van der Waals surface area (Å²) in [6, 6.07) is 9.22. The number of rotatable bonds is 7. The molecule has 0 fully saturated rings.